The van der Waals surface area contributed by atoms with Crippen LogP contribution in [0.15, 0.2) is 52.9 Å². The minimum Gasteiger partial charge on any atom is -0.366 e. The first-order valence-corrected chi connectivity index (χ1v) is 13.6. The van der Waals surface area contributed by atoms with Gasteiger partial charge in [0.1, 0.15) is 0 Å². The molecule has 160 valence electrons. The fourth-order valence-corrected chi connectivity index (χ4v) is 7.64. The van der Waals surface area contributed by atoms with E-state index in [-0.39, 0.29) is 11.8 Å². The Labute approximate surface area is 187 Å². The second-order valence-electron chi connectivity index (χ2n) is 7.70. The van der Waals surface area contributed by atoms with Gasteiger partial charge in [-0.15, -0.1) is 11.3 Å². The highest BCUT2D eigenvalue weighted by molar-refractivity contribution is 8.01. The molecule has 4 rings (SSSR count). The van der Waals surface area contributed by atoms with Crippen molar-refractivity contribution in [2.75, 3.05) is 36.0 Å². The van der Waals surface area contributed by atoms with Gasteiger partial charge in [0.25, 0.3) is 0 Å². The van der Waals surface area contributed by atoms with Crippen molar-refractivity contribution in [2.45, 2.75) is 30.6 Å². The average Bonchev–Trinajstić information content (AvgIpc) is 3.14. The van der Waals surface area contributed by atoms with Gasteiger partial charge in [-0.25, -0.2) is 13.4 Å². The molecule has 1 saturated heterocycles. The van der Waals surface area contributed by atoms with Crippen molar-refractivity contribution in [2.24, 2.45) is 0 Å². The third-order valence-electron chi connectivity index (χ3n) is 5.36. The summed E-state index contributed by atoms with van der Waals surface area (Å²) >= 11 is 3.32. The predicted molar refractivity (Wildman–Crippen MR) is 128 cm³/mol. The maximum absolute atomic E-state index is 12.9. The third kappa shape index (κ3) is 4.99. The largest absolute Gasteiger partial charge is 0.366 e. The van der Waals surface area contributed by atoms with E-state index in [9.17, 15) is 8.42 Å². The lowest BCUT2D eigenvalue weighted by Crippen LogP contribution is -2.54. The molecule has 2 aromatic carbocycles. The quantitative estimate of drug-likeness (QED) is 0.379. The molecule has 1 unspecified atom stereocenters. The van der Waals surface area contributed by atoms with E-state index < -0.39 is 10.0 Å². The van der Waals surface area contributed by atoms with E-state index in [1.807, 2.05) is 18.2 Å². The molecule has 1 atom stereocenters. The van der Waals surface area contributed by atoms with Gasteiger partial charge in [-0.1, -0.05) is 36.0 Å². The topological polar surface area (TPSA) is 53.5 Å². The number of benzene rings is 2. The number of hydrogen-bond donors (Lipinski definition) is 0. The van der Waals surface area contributed by atoms with Crippen LogP contribution in [0.5, 0.6) is 0 Å². The van der Waals surface area contributed by atoms with Crippen LogP contribution in [0.2, 0.25) is 0 Å². The van der Waals surface area contributed by atoms with Crippen molar-refractivity contribution in [3.63, 3.8) is 0 Å². The zero-order valence-electron chi connectivity index (χ0n) is 17.3. The molecule has 0 N–H and O–H groups in total. The Balaban J connectivity index is 1.28. The first kappa shape index (κ1) is 21.6. The normalized spacial score (nSPS) is 18.2. The van der Waals surface area contributed by atoms with Gasteiger partial charge < -0.3 is 4.90 Å². The third-order valence-corrected chi connectivity index (χ3v) is 9.55. The van der Waals surface area contributed by atoms with Gasteiger partial charge in [0.05, 0.1) is 16.0 Å². The fraction of sp³-hybridized carbons (Fsp3) is 0.409. The van der Waals surface area contributed by atoms with Gasteiger partial charge >= 0.3 is 0 Å². The second kappa shape index (κ2) is 9.26. The molecule has 0 amide bonds. The summed E-state index contributed by atoms with van der Waals surface area (Å²) in [7, 11) is -3.23. The number of aromatic nitrogens is 1. The van der Waals surface area contributed by atoms with Crippen LogP contribution in [0, 0.1) is 6.92 Å². The van der Waals surface area contributed by atoms with Crippen molar-refractivity contribution in [1.29, 1.82) is 0 Å². The lowest BCUT2D eigenvalue weighted by molar-refractivity contribution is 0.342. The van der Waals surface area contributed by atoms with Gasteiger partial charge in [0.15, 0.2) is 4.34 Å². The number of aryl methyl sites for hydroxylation is 1. The van der Waals surface area contributed by atoms with Crippen molar-refractivity contribution in [3.05, 3.63) is 54.1 Å². The van der Waals surface area contributed by atoms with Gasteiger partial charge in [-0.2, -0.15) is 4.31 Å². The van der Waals surface area contributed by atoms with Crippen LogP contribution in [0.4, 0.5) is 5.69 Å². The number of thioether (sulfide) groups is 1. The number of thiazole rings is 1. The van der Waals surface area contributed by atoms with E-state index in [1.54, 1.807) is 27.4 Å². The number of fused-ring (bicyclic) bond motifs is 1. The van der Waals surface area contributed by atoms with Crippen LogP contribution in [-0.4, -0.2) is 54.9 Å². The van der Waals surface area contributed by atoms with Crippen molar-refractivity contribution in [1.82, 2.24) is 9.29 Å². The highest BCUT2D eigenvalue weighted by Gasteiger charge is 2.31. The van der Waals surface area contributed by atoms with Crippen molar-refractivity contribution >= 4 is 49.0 Å². The van der Waals surface area contributed by atoms with E-state index in [1.165, 1.54) is 16.0 Å². The minimum atomic E-state index is -3.23. The molecule has 0 radical (unpaired) electrons. The van der Waals surface area contributed by atoms with Gasteiger partial charge in [-0.3, -0.25) is 0 Å². The van der Waals surface area contributed by atoms with E-state index >= 15 is 0 Å². The van der Waals surface area contributed by atoms with E-state index in [4.69, 9.17) is 0 Å². The molecule has 1 aliphatic heterocycles. The van der Waals surface area contributed by atoms with Crippen LogP contribution in [0.25, 0.3) is 10.2 Å². The number of anilines is 1. The summed E-state index contributed by atoms with van der Waals surface area (Å²) in [5.74, 6) is 0.958. The predicted octanol–water partition coefficient (Wildman–Crippen LogP) is 4.63. The van der Waals surface area contributed by atoms with Gasteiger partial charge in [0, 0.05) is 37.1 Å². The van der Waals surface area contributed by atoms with Gasteiger partial charge in [0.2, 0.25) is 10.0 Å². The molecule has 5 nitrogen and oxygen atoms in total. The number of piperazine rings is 1. The molecule has 2 heterocycles. The van der Waals surface area contributed by atoms with Crippen molar-refractivity contribution < 1.29 is 8.42 Å². The Kier molecular flexibility index (Phi) is 6.67. The van der Waals surface area contributed by atoms with Crippen LogP contribution < -0.4 is 4.90 Å². The van der Waals surface area contributed by atoms with Crippen LogP contribution in [0.3, 0.4) is 0 Å². The van der Waals surface area contributed by atoms with Crippen LogP contribution in [-0.2, 0) is 10.0 Å². The summed E-state index contributed by atoms with van der Waals surface area (Å²) in [4.78, 5) is 6.91. The molecule has 1 fully saturated rings. The van der Waals surface area contributed by atoms with Crippen LogP contribution >= 0.6 is 23.1 Å². The number of para-hydroxylation sites is 1. The molecule has 0 aliphatic carbocycles. The summed E-state index contributed by atoms with van der Waals surface area (Å²) in [6, 6.07) is 16.7. The van der Waals surface area contributed by atoms with Crippen molar-refractivity contribution in [3.8, 4) is 0 Å². The maximum atomic E-state index is 12.9. The molecule has 0 saturated carbocycles. The molecule has 8 heteroatoms. The second-order valence-corrected chi connectivity index (χ2v) is 12.2. The minimum absolute atomic E-state index is 0.160. The number of rotatable bonds is 7. The molecule has 0 bridgehead atoms. The van der Waals surface area contributed by atoms with E-state index in [0.29, 0.717) is 19.5 Å². The Morgan fingerprint density at radius 2 is 2.00 bits per heavy atom. The molecule has 1 aromatic heterocycles. The van der Waals surface area contributed by atoms with E-state index in [0.717, 1.165) is 22.2 Å². The van der Waals surface area contributed by atoms with Gasteiger partial charge in [-0.05, 0) is 50.1 Å². The van der Waals surface area contributed by atoms with E-state index in [2.05, 4.69) is 54.1 Å². The first-order chi connectivity index (χ1) is 14.4. The zero-order valence-corrected chi connectivity index (χ0v) is 19.8. The molecular weight excluding hydrogens is 434 g/mol. The molecule has 1 aliphatic rings. The van der Waals surface area contributed by atoms with Crippen LogP contribution in [0.1, 0.15) is 18.9 Å². The smallest absolute Gasteiger partial charge is 0.214 e. The number of hydrogen-bond acceptors (Lipinski definition) is 6. The molecule has 0 spiro atoms. The average molecular weight is 462 g/mol. The summed E-state index contributed by atoms with van der Waals surface area (Å²) in [5.41, 5.74) is 3.41. The Morgan fingerprint density at radius 1 is 1.17 bits per heavy atom. The molecule has 3 aromatic rings. The molecular formula is C22H27N3O2S3. The lowest BCUT2D eigenvalue weighted by Gasteiger charge is -2.40. The fourth-order valence-electron chi connectivity index (χ4n) is 3.81. The lowest BCUT2D eigenvalue weighted by atomic mass is 10.1. The number of sulfonamides is 1. The Hall–Kier alpha value is -1.61. The number of nitrogens with zero attached hydrogens (tertiary/aromatic N) is 3. The maximum Gasteiger partial charge on any atom is 0.214 e. The highest BCUT2D eigenvalue weighted by atomic mass is 32.2. The Morgan fingerprint density at radius 3 is 2.77 bits per heavy atom. The zero-order chi connectivity index (χ0) is 21.1. The standard InChI is InChI=1S/C22H27N3O2S3/c1-17-7-5-8-19(15-17)25-12-11-24(16-18(25)2)30(26,27)14-6-13-28-22-23-20-9-3-4-10-21(20)29-22/h3-5,7-10,15,18H,6,11-14,16H2,1-2H3. The SMILES string of the molecule is Cc1cccc(N2CCN(S(=O)(=O)CCCSc3nc4ccccc4s3)CC2C)c1. The summed E-state index contributed by atoms with van der Waals surface area (Å²) in [6.07, 6.45) is 0.634. The highest BCUT2D eigenvalue weighted by Crippen LogP contribution is 2.30. The monoisotopic (exact) mass is 461 g/mol. The summed E-state index contributed by atoms with van der Waals surface area (Å²) in [6.45, 7) is 6.01. The molecule has 30 heavy (non-hydrogen) atoms. The first-order valence-electron chi connectivity index (χ1n) is 10.2. The summed E-state index contributed by atoms with van der Waals surface area (Å²) in [5, 5.41) is 0. The summed E-state index contributed by atoms with van der Waals surface area (Å²) < 4.78 is 29.6. The Bertz CT molecular complexity index is 1080.